The maximum atomic E-state index is 12.3. The molecule has 3 aromatic rings. The van der Waals surface area contributed by atoms with Gasteiger partial charge in [-0.3, -0.25) is 4.79 Å². The minimum absolute atomic E-state index is 0.289. The second kappa shape index (κ2) is 6.65. The van der Waals surface area contributed by atoms with Gasteiger partial charge in [-0.15, -0.1) is 0 Å². The molecule has 0 aliphatic carbocycles. The summed E-state index contributed by atoms with van der Waals surface area (Å²) in [5.41, 5.74) is 3.93. The van der Waals surface area contributed by atoms with Gasteiger partial charge in [-0.2, -0.15) is 5.26 Å². The molecule has 0 unspecified atom stereocenters. The van der Waals surface area contributed by atoms with Crippen molar-refractivity contribution in [3.05, 3.63) is 77.6 Å². The predicted molar refractivity (Wildman–Crippen MR) is 98.3 cm³/mol. The number of hydrogen-bond donors (Lipinski definition) is 1. The molecule has 1 N–H and O–H groups in total. The van der Waals surface area contributed by atoms with E-state index in [2.05, 4.69) is 32.3 Å². The van der Waals surface area contributed by atoms with Gasteiger partial charge in [-0.05, 0) is 42.3 Å². The van der Waals surface area contributed by atoms with Crippen LogP contribution in [0.4, 0.5) is 17.3 Å². The Morgan fingerprint density at radius 1 is 1.08 bits per heavy atom. The third kappa shape index (κ3) is 2.98. The van der Waals surface area contributed by atoms with Crippen molar-refractivity contribution in [1.29, 1.82) is 5.26 Å². The van der Waals surface area contributed by atoms with E-state index >= 15 is 0 Å². The van der Waals surface area contributed by atoms with Crippen molar-refractivity contribution in [2.45, 2.75) is 6.42 Å². The van der Waals surface area contributed by atoms with E-state index in [0.717, 1.165) is 18.7 Å². The first-order valence-corrected chi connectivity index (χ1v) is 8.23. The number of aromatic nitrogens is 2. The van der Waals surface area contributed by atoms with Gasteiger partial charge < -0.3 is 10.2 Å². The predicted octanol–water partition coefficient (Wildman–Crippen LogP) is 3.29. The molecule has 4 rings (SSSR count). The van der Waals surface area contributed by atoms with Crippen molar-refractivity contribution in [3.8, 4) is 6.07 Å². The van der Waals surface area contributed by atoms with Crippen molar-refractivity contribution in [2.24, 2.45) is 0 Å². The summed E-state index contributed by atoms with van der Waals surface area (Å²) in [4.78, 5) is 23.1. The zero-order valence-electron chi connectivity index (χ0n) is 13.9. The Morgan fingerprint density at radius 3 is 2.54 bits per heavy atom. The Kier molecular flexibility index (Phi) is 4.04. The Labute approximate surface area is 150 Å². The average Bonchev–Trinajstić information content (AvgIpc) is 3.13. The highest BCUT2D eigenvalue weighted by Gasteiger charge is 2.22. The number of nitrogens with zero attached hydrogens (tertiary/aromatic N) is 4. The van der Waals surface area contributed by atoms with Gasteiger partial charge in [0.05, 0.1) is 17.2 Å². The number of hydrogen-bond acceptors (Lipinski definition) is 5. The molecule has 0 bridgehead atoms. The third-order valence-corrected chi connectivity index (χ3v) is 4.30. The van der Waals surface area contributed by atoms with Gasteiger partial charge in [0.25, 0.3) is 5.91 Å². The number of para-hydroxylation sites is 1. The second-order valence-corrected chi connectivity index (χ2v) is 5.95. The number of amides is 1. The standard InChI is InChI=1S/C20H15N5O/c21-11-14-5-7-17(8-6-14)24-19(26)16-12-22-20(23-13-16)25-10-9-15-3-1-2-4-18(15)25/h1-8,12-13H,9-10H2,(H,24,26). The highest BCUT2D eigenvalue weighted by atomic mass is 16.1. The van der Waals surface area contributed by atoms with Crippen LogP contribution in [0.3, 0.4) is 0 Å². The van der Waals surface area contributed by atoms with Crippen LogP contribution in [0.25, 0.3) is 0 Å². The zero-order valence-corrected chi connectivity index (χ0v) is 13.9. The lowest BCUT2D eigenvalue weighted by Gasteiger charge is -2.16. The fourth-order valence-electron chi connectivity index (χ4n) is 2.96. The minimum Gasteiger partial charge on any atom is -0.322 e. The molecule has 0 saturated heterocycles. The van der Waals surface area contributed by atoms with Crippen molar-refractivity contribution in [2.75, 3.05) is 16.8 Å². The molecular weight excluding hydrogens is 326 g/mol. The zero-order chi connectivity index (χ0) is 17.9. The molecule has 26 heavy (non-hydrogen) atoms. The summed E-state index contributed by atoms with van der Waals surface area (Å²) in [5.74, 6) is 0.299. The highest BCUT2D eigenvalue weighted by molar-refractivity contribution is 6.03. The van der Waals surface area contributed by atoms with Gasteiger partial charge in [-0.25, -0.2) is 9.97 Å². The number of fused-ring (bicyclic) bond motifs is 1. The van der Waals surface area contributed by atoms with Crippen LogP contribution in [0.2, 0.25) is 0 Å². The van der Waals surface area contributed by atoms with Crippen LogP contribution in [0.1, 0.15) is 21.5 Å². The summed E-state index contributed by atoms with van der Waals surface area (Å²) >= 11 is 0. The van der Waals surface area contributed by atoms with Crippen LogP contribution >= 0.6 is 0 Å². The number of nitriles is 1. The minimum atomic E-state index is -0.289. The smallest absolute Gasteiger partial charge is 0.258 e. The van der Waals surface area contributed by atoms with E-state index in [1.807, 2.05) is 18.2 Å². The molecule has 2 heterocycles. The molecule has 1 aliphatic rings. The van der Waals surface area contributed by atoms with Gasteiger partial charge in [0.15, 0.2) is 0 Å². The van der Waals surface area contributed by atoms with Gasteiger partial charge in [0, 0.05) is 30.3 Å². The number of benzene rings is 2. The molecule has 1 aliphatic heterocycles. The van der Waals surface area contributed by atoms with Crippen LogP contribution < -0.4 is 10.2 Å². The van der Waals surface area contributed by atoms with Gasteiger partial charge in [0.1, 0.15) is 0 Å². The van der Waals surface area contributed by atoms with E-state index in [1.165, 1.54) is 18.0 Å². The Balaban J connectivity index is 1.49. The number of carbonyl (C=O) groups is 1. The summed E-state index contributed by atoms with van der Waals surface area (Å²) in [6, 6.07) is 16.9. The van der Waals surface area contributed by atoms with Crippen molar-refractivity contribution in [3.63, 3.8) is 0 Å². The molecule has 1 aromatic heterocycles. The van der Waals surface area contributed by atoms with E-state index in [9.17, 15) is 4.79 Å². The van der Waals surface area contributed by atoms with Crippen LogP contribution in [0.5, 0.6) is 0 Å². The lowest BCUT2D eigenvalue weighted by molar-refractivity contribution is 0.102. The van der Waals surface area contributed by atoms with E-state index in [4.69, 9.17) is 5.26 Å². The lowest BCUT2D eigenvalue weighted by Crippen LogP contribution is -2.18. The molecule has 1 amide bonds. The van der Waals surface area contributed by atoms with Crippen LogP contribution in [0, 0.1) is 11.3 Å². The monoisotopic (exact) mass is 341 g/mol. The molecule has 0 radical (unpaired) electrons. The molecule has 6 nitrogen and oxygen atoms in total. The highest BCUT2D eigenvalue weighted by Crippen LogP contribution is 2.31. The first kappa shape index (κ1) is 15.8. The average molecular weight is 341 g/mol. The number of anilines is 3. The molecule has 2 aromatic carbocycles. The van der Waals surface area contributed by atoms with E-state index in [1.54, 1.807) is 24.3 Å². The molecule has 0 spiro atoms. The number of carbonyl (C=O) groups excluding carboxylic acids is 1. The van der Waals surface area contributed by atoms with Gasteiger partial charge >= 0.3 is 0 Å². The summed E-state index contributed by atoms with van der Waals surface area (Å²) < 4.78 is 0. The Hall–Kier alpha value is -3.72. The summed E-state index contributed by atoms with van der Waals surface area (Å²) in [6.07, 6.45) is 4.02. The SMILES string of the molecule is N#Cc1ccc(NC(=O)c2cnc(N3CCc4ccccc43)nc2)cc1. The normalized spacial score (nSPS) is 12.3. The van der Waals surface area contributed by atoms with Gasteiger partial charge in [0.2, 0.25) is 5.95 Å². The Morgan fingerprint density at radius 2 is 1.81 bits per heavy atom. The first-order valence-electron chi connectivity index (χ1n) is 8.23. The Bertz CT molecular complexity index is 990. The molecular formula is C20H15N5O. The van der Waals surface area contributed by atoms with E-state index in [-0.39, 0.29) is 5.91 Å². The second-order valence-electron chi connectivity index (χ2n) is 5.95. The molecule has 6 heteroatoms. The fourth-order valence-corrected chi connectivity index (χ4v) is 2.96. The van der Waals surface area contributed by atoms with Crippen LogP contribution in [-0.4, -0.2) is 22.4 Å². The summed E-state index contributed by atoms with van der Waals surface area (Å²) in [5, 5.41) is 11.6. The largest absolute Gasteiger partial charge is 0.322 e. The quantitative estimate of drug-likeness (QED) is 0.790. The lowest BCUT2D eigenvalue weighted by atomic mass is 10.2. The molecule has 0 saturated carbocycles. The first-order chi connectivity index (χ1) is 12.7. The van der Waals surface area contributed by atoms with E-state index in [0.29, 0.717) is 22.8 Å². The number of rotatable bonds is 3. The topological polar surface area (TPSA) is 81.9 Å². The maximum absolute atomic E-state index is 12.3. The van der Waals surface area contributed by atoms with Crippen molar-refractivity contribution in [1.82, 2.24) is 9.97 Å². The molecule has 126 valence electrons. The van der Waals surface area contributed by atoms with Crippen LogP contribution in [0.15, 0.2) is 60.9 Å². The summed E-state index contributed by atoms with van der Waals surface area (Å²) in [6.45, 7) is 0.829. The van der Waals surface area contributed by atoms with Crippen molar-refractivity contribution >= 4 is 23.2 Å². The maximum Gasteiger partial charge on any atom is 0.258 e. The third-order valence-electron chi connectivity index (χ3n) is 4.30. The van der Waals surface area contributed by atoms with E-state index < -0.39 is 0 Å². The van der Waals surface area contributed by atoms with Crippen molar-refractivity contribution < 1.29 is 4.79 Å². The summed E-state index contributed by atoms with van der Waals surface area (Å²) in [7, 11) is 0. The molecule has 0 atom stereocenters. The fraction of sp³-hybridized carbons (Fsp3) is 0.100. The van der Waals surface area contributed by atoms with Gasteiger partial charge in [-0.1, -0.05) is 18.2 Å². The van der Waals surface area contributed by atoms with Crippen LogP contribution in [-0.2, 0) is 6.42 Å². The number of nitrogens with one attached hydrogen (secondary N) is 1. The molecule has 0 fully saturated rings.